The lowest BCUT2D eigenvalue weighted by Gasteiger charge is -2.16. The summed E-state index contributed by atoms with van der Waals surface area (Å²) in [4.78, 5) is 0. The second-order valence-corrected chi connectivity index (χ2v) is 5.62. The fourth-order valence-corrected chi connectivity index (χ4v) is 2.77. The quantitative estimate of drug-likeness (QED) is 0.884. The Morgan fingerprint density at radius 3 is 2.71 bits per heavy atom. The van der Waals surface area contributed by atoms with Crippen LogP contribution in [0, 0.1) is 11.3 Å². The number of ether oxygens (including phenoxy) is 1. The number of benzene rings is 2. The number of nitrogens with zero attached hydrogens (tertiary/aromatic N) is 1. The van der Waals surface area contributed by atoms with Crippen molar-refractivity contribution in [1.29, 1.82) is 5.26 Å². The topological polar surface area (TPSA) is 45.0 Å². The van der Waals surface area contributed by atoms with Crippen molar-refractivity contribution < 1.29 is 4.74 Å². The minimum absolute atomic E-state index is 0.224. The lowest BCUT2D eigenvalue weighted by molar-refractivity contribution is 0.412. The van der Waals surface area contributed by atoms with Gasteiger partial charge in [0.2, 0.25) is 0 Å². The molecule has 0 saturated heterocycles. The standard InChI is InChI=1S/C17H17BrN2O/c1-12(15-5-3-4-6-16(15)18)20-11-13-7-8-14(10-19)17(9-13)21-2/h3-9,12,20H,11H2,1-2H3/t12-/m0/s1. The summed E-state index contributed by atoms with van der Waals surface area (Å²) in [6.07, 6.45) is 0. The molecule has 0 amide bonds. The van der Waals surface area contributed by atoms with Crippen molar-refractivity contribution in [2.75, 3.05) is 7.11 Å². The zero-order valence-corrected chi connectivity index (χ0v) is 13.6. The molecule has 2 aromatic carbocycles. The van der Waals surface area contributed by atoms with Crippen LogP contribution >= 0.6 is 15.9 Å². The van der Waals surface area contributed by atoms with Crippen molar-refractivity contribution in [3.63, 3.8) is 0 Å². The van der Waals surface area contributed by atoms with E-state index < -0.39 is 0 Å². The summed E-state index contributed by atoms with van der Waals surface area (Å²) in [6, 6.07) is 16.2. The van der Waals surface area contributed by atoms with Crippen LogP contribution in [0.2, 0.25) is 0 Å². The van der Waals surface area contributed by atoms with Gasteiger partial charge in [0, 0.05) is 17.1 Å². The molecule has 0 radical (unpaired) electrons. The van der Waals surface area contributed by atoms with Crippen molar-refractivity contribution in [3.8, 4) is 11.8 Å². The van der Waals surface area contributed by atoms with E-state index in [0.29, 0.717) is 17.9 Å². The summed E-state index contributed by atoms with van der Waals surface area (Å²) in [7, 11) is 1.58. The molecular weight excluding hydrogens is 328 g/mol. The van der Waals surface area contributed by atoms with E-state index in [1.807, 2.05) is 30.3 Å². The Hall–Kier alpha value is -1.83. The minimum atomic E-state index is 0.224. The van der Waals surface area contributed by atoms with Gasteiger partial charge in [0.15, 0.2) is 0 Å². The molecule has 0 fully saturated rings. The SMILES string of the molecule is COc1cc(CN[C@@H](C)c2ccccc2Br)ccc1C#N. The first-order valence-electron chi connectivity index (χ1n) is 6.70. The van der Waals surface area contributed by atoms with Gasteiger partial charge in [-0.05, 0) is 36.2 Å². The molecule has 0 bridgehead atoms. The number of methoxy groups -OCH3 is 1. The first kappa shape index (κ1) is 15.6. The third-order valence-electron chi connectivity index (χ3n) is 3.37. The summed E-state index contributed by atoms with van der Waals surface area (Å²) < 4.78 is 6.33. The fraction of sp³-hybridized carbons (Fsp3) is 0.235. The second-order valence-electron chi connectivity index (χ2n) is 4.77. The molecule has 2 aromatic rings. The summed E-state index contributed by atoms with van der Waals surface area (Å²) >= 11 is 3.57. The number of nitrogens with one attached hydrogen (secondary N) is 1. The van der Waals surface area contributed by atoms with Crippen molar-refractivity contribution in [2.45, 2.75) is 19.5 Å². The zero-order valence-electron chi connectivity index (χ0n) is 12.1. The first-order valence-corrected chi connectivity index (χ1v) is 7.50. The van der Waals surface area contributed by atoms with Gasteiger partial charge in [0.25, 0.3) is 0 Å². The van der Waals surface area contributed by atoms with Crippen molar-refractivity contribution in [1.82, 2.24) is 5.32 Å². The normalized spacial score (nSPS) is 11.7. The van der Waals surface area contributed by atoms with Crippen LogP contribution in [0.3, 0.4) is 0 Å². The average Bonchev–Trinajstić information content (AvgIpc) is 2.52. The molecule has 4 heteroatoms. The molecule has 0 saturated carbocycles. The van der Waals surface area contributed by atoms with Gasteiger partial charge in [-0.3, -0.25) is 0 Å². The van der Waals surface area contributed by atoms with Gasteiger partial charge < -0.3 is 10.1 Å². The summed E-state index contributed by atoms with van der Waals surface area (Å²) in [5, 5.41) is 12.5. The lowest BCUT2D eigenvalue weighted by Crippen LogP contribution is -2.18. The number of hydrogen-bond donors (Lipinski definition) is 1. The number of halogens is 1. The molecule has 2 rings (SSSR count). The minimum Gasteiger partial charge on any atom is -0.495 e. The smallest absolute Gasteiger partial charge is 0.136 e. The Bertz CT molecular complexity index is 664. The van der Waals surface area contributed by atoms with Gasteiger partial charge in [-0.15, -0.1) is 0 Å². The third kappa shape index (κ3) is 3.84. The molecular formula is C17H17BrN2O. The zero-order chi connectivity index (χ0) is 15.2. The van der Waals surface area contributed by atoms with Crippen molar-refractivity contribution >= 4 is 15.9 Å². The van der Waals surface area contributed by atoms with Crippen LogP contribution in [0.1, 0.15) is 29.7 Å². The maximum atomic E-state index is 8.99. The number of nitriles is 1. The van der Waals surface area contributed by atoms with E-state index in [1.165, 1.54) is 5.56 Å². The van der Waals surface area contributed by atoms with Crippen molar-refractivity contribution in [2.24, 2.45) is 0 Å². The predicted molar refractivity (Wildman–Crippen MR) is 87.1 cm³/mol. The first-order chi connectivity index (χ1) is 10.2. The average molecular weight is 345 g/mol. The molecule has 1 atom stereocenters. The molecule has 0 aromatic heterocycles. The molecule has 0 aliphatic carbocycles. The molecule has 108 valence electrons. The summed E-state index contributed by atoms with van der Waals surface area (Å²) in [5.74, 6) is 0.616. The summed E-state index contributed by atoms with van der Waals surface area (Å²) in [6.45, 7) is 2.84. The van der Waals surface area contributed by atoms with Gasteiger partial charge in [0.05, 0.1) is 12.7 Å². The van der Waals surface area contributed by atoms with Crippen LogP contribution in [-0.4, -0.2) is 7.11 Å². The summed E-state index contributed by atoms with van der Waals surface area (Å²) in [5.41, 5.74) is 2.86. The molecule has 0 spiro atoms. The van der Waals surface area contributed by atoms with Crippen LogP contribution in [0.15, 0.2) is 46.9 Å². The Kier molecular flexibility index (Phi) is 5.38. The lowest BCUT2D eigenvalue weighted by atomic mass is 10.1. The monoisotopic (exact) mass is 344 g/mol. The highest BCUT2D eigenvalue weighted by atomic mass is 79.9. The molecule has 0 unspecified atom stereocenters. The van der Waals surface area contributed by atoms with Crippen LogP contribution in [-0.2, 0) is 6.54 Å². The second kappa shape index (κ2) is 7.26. The van der Waals surface area contributed by atoms with Gasteiger partial charge in [0.1, 0.15) is 11.8 Å². The Balaban J connectivity index is 2.07. The Morgan fingerprint density at radius 1 is 1.29 bits per heavy atom. The predicted octanol–water partition coefficient (Wildman–Crippen LogP) is 4.18. The third-order valence-corrected chi connectivity index (χ3v) is 4.09. The maximum absolute atomic E-state index is 8.99. The van der Waals surface area contributed by atoms with E-state index in [1.54, 1.807) is 13.2 Å². The van der Waals surface area contributed by atoms with Gasteiger partial charge >= 0.3 is 0 Å². The van der Waals surface area contributed by atoms with E-state index in [9.17, 15) is 0 Å². The highest BCUT2D eigenvalue weighted by Gasteiger charge is 2.09. The van der Waals surface area contributed by atoms with E-state index >= 15 is 0 Å². The van der Waals surface area contributed by atoms with Gasteiger partial charge in [-0.1, -0.05) is 40.2 Å². The van der Waals surface area contributed by atoms with E-state index in [2.05, 4.69) is 40.3 Å². The molecule has 0 aliphatic rings. The maximum Gasteiger partial charge on any atom is 0.136 e. The van der Waals surface area contributed by atoms with Crippen molar-refractivity contribution in [3.05, 3.63) is 63.6 Å². The number of hydrogen-bond acceptors (Lipinski definition) is 3. The highest BCUT2D eigenvalue weighted by Crippen LogP contribution is 2.24. The fourth-order valence-electron chi connectivity index (χ4n) is 2.15. The Labute approximate surface area is 133 Å². The molecule has 3 nitrogen and oxygen atoms in total. The highest BCUT2D eigenvalue weighted by molar-refractivity contribution is 9.10. The van der Waals surface area contributed by atoms with E-state index in [4.69, 9.17) is 10.00 Å². The van der Waals surface area contributed by atoms with E-state index in [-0.39, 0.29) is 6.04 Å². The van der Waals surface area contributed by atoms with E-state index in [0.717, 1.165) is 10.0 Å². The number of rotatable bonds is 5. The molecule has 0 aliphatic heterocycles. The molecule has 0 heterocycles. The Morgan fingerprint density at radius 2 is 2.05 bits per heavy atom. The van der Waals surface area contributed by atoms with Crippen LogP contribution in [0.5, 0.6) is 5.75 Å². The van der Waals surface area contributed by atoms with Gasteiger partial charge in [-0.2, -0.15) is 5.26 Å². The molecule has 1 N–H and O–H groups in total. The largest absolute Gasteiger partial charge is 0.495 e. The van der Waals surface area contributed by atoms with Crippen LogP contribution < -0.4 is 10.1 Å². The molecule has 21 heavy (non-hydrogen) atoms. The van der Waals surface area contributed by atoms with Crippen LogP contribution in [0.25, 0.3) is 0 Å². The van der Waals surface area contributed by atoms with Gasteiger partial charge in [-0.25, -0.2) is 0 Å². The van der Waals surface area contributed by atoms with Crippen LogP contribution in [0.4, 0.5) is 0 Å².